The molecule has 0 bridgehead atoms. The number of amides is 2. The molecule has 2 amide bonds. The van der Waals surface area contributed by atoms with Crippen LogP contribution in [-0.2, 0) is 11.2 Å². The molecule has 1 rings (SSSR count). The molecular weight excluding hydrogens is 210 g/mol. The molecule has 0 spiro atoms. The predicted octanol–water partition coefficient (Wildman–Crippen LogP) is 0.718. The van der Waals surface area contributed by atoms with Crippen molar-refractivity contribution in [3.05, 3.63) is 0 Å². The maximum absolute atomic E-state index is 11.4. The maximum Gasteiger partial charge on any atom is 0.336 e. The molecule has 1 aliphatic heterocycles. The number of carbonyl (C=O) groups excluding carboxylic acids is 1. The largest absolute Gasteiger partial charge is 0.336 e. The Bertz CT molecular complexity index is 277. The first-order valence-electron chi connectivity index (χ1n) is 3.71. The number of nitrogens with one attached hydrogen (secondary N) is 1. The molecule has 0 fully saturated rings. The number of hydrogen-bond acceptors (Lipinski definition) is 3. The van der Waals surface area contributed by atoms with Crippen LogP contribution in [0.4, 0.5) is 4.79 Å². The average Bonchev–Trinajstić information content (AvgIpc) is 2.02. The summed E-state index contributed by atoms with van der Waals surface area (Å²) >= 11 is -0.314. The fourth-order valence-electron chi connectivity index (χ4n) is 0.858. The summed E-state index contributed by atoms with van der Waals surface area (Å²) in [5.74, 6) is 0. The van der Waals surface area contributed by atoms with E-state index < -0.39 is 11.2 Å². The van der Waals surface area contributed by atoms with Crippen LogP contribution < -0.4 is 5.32 Å². The molecule has 0 radical (unpaired) electrons. The van der Waals surface area contributed by atoms with Crippen LogP contribution in [0.15, 0.2) is 4.40 Å². The van der Waals surface area contributed by atoms with E-state index in [-0.39, 0.29) is 12.1 Å². The third-order valence-electron chi connectivity index (χ3n) is 1.41. The van der Waals surface area contributed by atoms with Crippen LogP contribution in [0, 0.1) is 0 Å². The van der Waals surface area contributed by atoms with Gasteiger partial charge in [-0.05, 0) is 20.1 Å². The zero-order chi connectivity index (χ0) is 10.0. The van der Waals surface area contributed by atoms with E-state index in [2.05, 4.69) is 9.71 Å². The molecule has 13 heavy (non-hydrogen) atoms. The second kappa shape index (κ2) is 4.10. The third kappa shape index (κ3) is 2.22. The molecule has 0 aromatic rings. The van der Waals surface area contributed by atoms with Crippen molar-refractivity contribution >= 4 is 34.1 Å². The van der Waals surface area contributed by atoms with E-state index in [0.29, 0.717) is 5.17 Å². The SMILES string of the molecule is CSC1=NS(=O)N(C(C)C)C(=O)N1. The van der Waals surface area contributed by atoms with Gasteiger partial charge in [0.25, 0.3) is 11.2 Å². The fourth-order valence-corrected chi connectivity index (χ4v) is 2.36. The minimum Gasteiger partial charge on any atom is -0.285 e. The van der Waals surface area contributed by atoms with E-state index >= 15 is 0 Å². The lowest BCUT2D eigenvalue weighted by Gasteiger charge is -2.26. The maximum atomic E-state index is 11.4. The van der Waals surface area contributed by atoms with Crippen LogP contribution in [-0.4, -0.2) is 32.0 Å². The van der Waals surface area contributed by atoms with Crippen molar-refractivity contribution in [3.8, 4) is 0 Å². The van der Waals surface area contributed by atoms with E-state index in [0.717, 1.165) is 0 Å². The number of rotatable bonds is 1. The first kappa shape index (κ1) is 10.5. The number of urea groups is 1. The number of hydrogen-bond donors (Lipinski definition) is 1. The normalized spacial score (nSPS) is 23.1. The number of amidine groups is 1. The molecule has 1 unspecified atom stereocenters. The summed E-state index contributed by atoms with van der Waals surface area (Å²) in [5.41, 5.74) is 0. The van der Waals surface area contributed by atoms with Gasteiger partial charge in [0.05, 0.1) is 0 Å². The first-order chi connectivity index (χ1) is 6.06. The Hall–Kier alpha value is -0.560. The number of carbonyl (C=O) groups is 1. The molecule has 0 saturated heterocycles. The molecule has 1 heterocycles. The van der Waals surface area contributed by atoms with Crippen LogP contribution in [0.1, 0.15) is 13.8 Å². The minimum absolute atomic E-state index is 0.118. The van der Waals surface area contributed by atoms with Gasteiger partial charge in [-0.1, -0.05) is 11.8 Å². The van der Waals surface area contributed by atoms with Gasteiger partial charge in [0, 0.05) is 6.04 Å². The Labute approximate surface area is 83.7 Å². The van der Waals surface area contributed by atoms with Gasteiger partial charge in [0.1, 0.15) is 0 Å². The summed E-state index contributed by atoms with van der Waals surface area (Å²) < 4.78 is 16.4. The van der Waals surface area contributed by atoms with Crippen LogP contribution in [0.5, 0.6) is 0 Å². The number of thioether (sulfide) groups is 1. The molecule has 1 aliphatic rings. The highest BCUT2D eigenvalue weighted by Crippen LogP contribution is 2.12. The van der Waals surface area contributed by atoms with E-state index in [9.17, 15) is 9.00 Å². The monoisotopic (exact) mass is 221 g/mol. The topological polar surface area (TPSA) is 61.8 Å². The average molecular weight is 221 g/mol. The fraction of sp³-hybridized carbons (Fsp3) is 0.667. The molecule has 1 atom stereocenters. The van der Waals surface area contributed by atoms with Crippen molar-refractivity contribution in [2.24, 2.45) is 4.40 Å². The summed E-state index contributed by atoms with van der Waals surface area (Å²) in [7, 11) is 0. The van der Waals surface area contributed by atoms with Crippen molar-refractivity contribution in [3.63, 3.8) is 0 Å². The van der Waals surface area contributed by atoms with Crippen LogP contribution in [0.25, 0.3) is 0 Å². The highest BCUT2D eigenvalue weighted by Gasteiger charge is 2.28. The van der Waals surface area contributed by atoms with Crippen LogP contribution in [0.2, 0.25) is 0 Å². The van der Waals surface area contributed by atoms with Gasteiger partial charge < -0.3 is 0 Å². The molecule has 5 nitrogen and oxygen atoms in total. The van der Waals surface area contributed by atoms with Crippen molar-refractivity contribution < 1.29 is 9.00 Å². The molecule has 0 saturated carbocycles. The second-order valence-electron chi connectivity index (χ2n) is 2.68. The van der Waals surface area contributed by atoms with Gasteiger partial charge in [0.15, 0.2) is 5.17 Å². The molecule has 0 aromatic heterocycles. The van der Waals surface area contributed by atoms with E-state index in [1.165, 1.54) is 16.1 Å². The molecule has 7 heteroatoms. The third-order valence-corrected chi connectivity index (χ3v) is 3.36. The molecule has 1 N–H and O–H groups in total. The van der Waals surface area contributed by atoms with Gasteiger partial charge in [0.2, 0.25) is 0 Å². The lowest BCUT2D eigenvalue weighted by Crippen LogP contribution is -2.49. The Morgan fingerprint density at radius 3 is 2.62 bits per heavy atom. The predicted molar refractivity (Wildman–Crippen MR) is 54.6 cm³/mol. The Morgan fingerprint density at radius 2 is 2.23 bits per heavy atom. The van der Waals surface area contributed by atoms with Crippen molar-refractivity contribution in [2.75, 3.05) is 6.26 Å². The van der Waals surface area contributed by atoms with Crippen molar-refractivity contribution in [1.82, 2.24) is 9.62 Å². The lowest BCUT2D eigenvalue weighted by molar-refractivity contribution is 0.222. The second-order valence-corrected chi connectivity index (χ2v) is 4.51. The Morgan fingerprint density at radius 1 is 1.62 bits per heavy atom. The summed E-state index contributed by atoms with van der Waals surface area (Å²) in [5, 5.41) is 2.94. The first-order valence-corrected chi connectivity index (χ1v) is 6.00. The smallest absolute Gasteiger partial charge is 0.285 e. The summed E-state index contributed by atoms with van der Waals surface area (Å²) in [4.78, 5) is 11.3. The van der Waals surface area contributed by atoms with Crippen LogP contribution >= 0.6 is 11.8 Å². The van der Waals surface area contributed by atoms with Crippen molar-refractivity contribution in [1.29, 1.82) is 0 Å². The quantitative estimate of drug-likeness (QED) is 0.709. The summed E-state index contributed by atoms with van der Waals surface area (Å²) in [6.45, 7) is 3.58. The zero-order valence-corrected chi connectivity index (χ0v) is 9.24. The molecule has 74 valence electrons. The minimum atomic E-state index is -1.58. The standard InChI is InChI=1S/C6H11N3O2S2/c1-4(2)9-6(10)7-5(12-3)8-13(9)11/h4H,1-3H3,(H,7,8,10). The van der Waals surface area contributed by atoms with E-state index in [1.807, 2.05) is 0 Å². The van der Waals surface area contributed by atoms with Gasteiger partial charge in [-0.2, -0.15) is 0 Å². The molecule has 0 aromatic carbocycles. The Kier molecular flexibility index (Phi) is 3.32. The number of nitrogens with zero attached hydrogens (tertiary/aromatic N) is 2. The zero-order valence-electron chi connectivity index (χ0n) is 7.60. The molecular formula is C6H11N3O2S2. The molecule has 0 aliphatic carbocycles. The van der Waals surface area contributed by atoms with Crippen LogP contribution in [0.3, 0.4) is 0 Å². The van der Waals surface area contributed by atoms with Gasteiger partial charge in [-0.25, -0.2) is 13.3 Å². The van der Waals surface area contributed by atoms with Gasteiger partial charge in [-0.3, -0.25) is 5.32 Å². The highest BCUT2D eigenvalue weighted by atomic mass is 32.2. The van der Waals surface area contributed by atoms with E-state index in [1.54, 1.807) is 20.1 Å². The Balaban J connectivity index is 2.88. The highest BCUT2D eigenvalue weighted by molar-refractivity contribution is 8.13. The van der Waals surface area contributed by atoms with Crippen molar-refractivity contribution in [2.45, 2.75) is 19.9 Å². The van der Waals surface area contributed by atoms with E-state index in [4.69, 9.17) is 0 Å². The lowest BCUT2D eigenvalue weighted by atomic mass is 10.4. The summed E-state index contributed by atoms with van der Waals surface area (Å²) in [6.07, 6.45) is 1.77. The summed E-state index contributed by atoms with van der Waals surface area (Å²) in [6, 6.07) is -0.472. The van der Waals surface area contributed by atoms with Gasteiger partial charge >= 0.3 is 6.03 Å². The van der Waals surface area contributed by atoms with Gasteiger partial charge in [-0.15, -0.1) is 4.40 Å².